The number of ether oxygens (including phenoxy) is 2. The Labute approximate surface area is 203 Å². The summed E-state index contributed by atoms with van der Waals surface area (Å²) in [5, 5.41) is 0.472. The number of anilines is 1. The van der Waals surface area contributed by atoms with Crippen molar-refractivity contribution < 1.29 is 18.7 Å². The molecule has 4 aromatic rings. The number of rotatable bonds is 6. The van der Waals surface area contributed by atoms with Crippen molar-refractivity contribution in [3.05, 3.63) is 98.9 Å². The third-order valence-electron chi connectivity index (χ3n) is 6.49. The van der Waals surface area contributed by atoms with E-state index in [-0.39, 0.29) is 17.1 Å². The number of hydrogen-bond donors (Lipinski definition) is 0. The first-order chi connectivity index (χ1) is 16.9. The molecule has 0 N–H and O–H groups in total. The van der Waals surface area contributed by atoms with E-state index in [1.807, 2.05) is 75.4 Å². The zero-order chi connectivity index (χ0) is 24.7. The second-order valence-corrected chi connectivity index (χ2v) is 8.80. The zero-order valence-electron chi connectivity index (χ0n) is 20.3. The van der Waals surface area contributed by atoms with Gasteiger partial charge >= 0.3 is 0 Å². The lowest BCUT2D eigenvalue weighted by Crippen LogP contribution is -2.29. The third-order valence-corrected chi connectivity index (χ3v) is 6.49. The quantitative estimate of drug-likeness (QED) is 0.349. The lowest BCUT2D eigenvalue weighted by atomic mass is 9.97. The highest BCUT2D eigenvalue weighted by atomic mass is 16.5. The van der Waals surface area contributed by atoms with Crippen LogP contribution in [0.4, 0.5) is 5.69 Å². The molecule has 0 saturated carbocycles. The van der Waals surface area contributed by atoms with Gasteiger partial charge in [-0.2, -0.15) is 0 Å². The fourth-order valence-corrected chi connectivity index (χ4v) is 4.54. The summed E-state index contributed by atoms with van der Waals surface area (Å²) >= 11 is 0. The number of fused-ring (bicyclic) bond motifs is 2. The number of amides is 1. The SMILES string of the molecule is CCCOc1ccc(C2c3c(oc4cc(C)c(C)cc4c3=O)C(=O)N2c2cccc(OC)c2)cc1. The summed E-state index contributed by atoms with van der Waals surface area (Å²) in [7, 11) is 1.58. The van der Waals surface area contributed by atoms with E-state index in [4.69, 9.17) is 13.9 Å². The van der Waals surface area contributed by atoms with Crippen LogP contribution in [0, 0.1) is 13.8 Å². The molecule has 1 aliphatic heterocycles. The van der Waals surface area contributed by atoms with Crippen molar-refractivity contribution >= 4 is 22.6 Å². The summed E-state index contributed by atoms with van der Waals surface area (Å²) in [6.45, 7) is 6.58. The molecule has 6 nitrogen and oxygen atoms in total. The molecule has 2 heterocycles. The van der Waals surface area contributed by atoms with E-state index in [1.165, 1.54) is 0 Å². The van der Waals surface area contributed by atoms with Crippen molar-refractivity contribution in [1.82, 2.24) is 0 Å². The van der Waals surface area contributed by atoms with Crippen LogP contribution in [0.1, 0.15) is 52.2 Å². The summed E-state index contributed by atoms with van der Waals surface area (Å²) < 4.78 is 17.3. The fraction of sp³-hybridized carbons (Fsp3) is 0.241. The molecule has 1 amide bonds. The van der Waals surface area contributed by atoms with Gasteiger partial charge in [0.1, 0.15) is 17.1 Å². The molecule has 1 unspecified atom stereocenters. The Balaban J connectivity index is 1.73. The smallest absolute Gasteiger partial charge is 0.295 e. The van der Waals surface area contributed by atoms with E-state index in [1.54, 1.807) is 18.1 Å². The molecule has 3 aromatic carbocycles. The molecule has 0 radical (unpaired) electrons. The number of carbonyl (C=O) groups excluding carboxylic acids is 1. The number of nitrogens with zero attached hydrogens (tertiary/aromatic N) is 1. The molecule has 1 aromatic heterocycles. The van der Waals surface area contributed by atoms with Crippen LogP contribution in [0.15, 0.2) is 69.9 Å². The van der Waals surface area contributed by atoms with Gasteiger partial charge in [-0.15, -0.1) is 0 Å². The van der Waals surface area contributed by atoms with E-state index >= 15 is 0 Å². The Morgan fingerprint density at radius 2 is 1.69 bits per heavy atom. The summed E-state index contributed by atoms with van der Waals surface area (Å²) in [4.78, 5) is 29.2. The molecule has 0 saturated heterocycles. The number of aryl methyl sites for hydroxylation is 2. The predicted molar refractivity (Wildman–Crippen MR) is 136 cm³/mol. The molecule has 35 heavy (non-hydrogen) atoms. The van der Waals surface area contributed by atoms with Crippen molar-refractivity contribution in [1.29, 1.82) is 0 Å². The largest absolute Gasteiger partial charge is 0.497 e. The summed E-state index contributed by atoms with van der Waals surface area (Å²) in [5.41, 5.74) is 3.96. The molecule has 0 bridgehead atoms. The standard InChI is InChI=1S/C29H27NO5/c1-5-13-34-21-11-9-19(10-12-21)26-25-27(31)23-14-17(2)18(3)15-24(23)35-28(25)29(32)30(26)20-7-6-8-22(16-20)33-4/h6-12,14-16,26H,5,13H2,1-4H3. The molecule has 1 atom stereocenters. The molecule has 178 valence electrons. The van der Waals surface area contributed by atoms with Gasteiger partial charge in [-0.1, -0.05) is 25.1 Å². The normalized spacial score (nSPS) is 14.9. The highest BCUT2D eigenvalue weighted by Gasteiger charge is 2.43. The van der Waals surface area contributed by atoms with Gasteiger partial charge < -0.3 is 13.9 Å². The molecule has 1 aliphatic rings. The van der Waals surface area contributed by atoms with Crippen molar-refractivity contribution in [3.63, 3.8) is 0 Å². The fourth-order valence-electron chi connectivity index (χ4n) is 4.54. The summed E-state index contributed by atoms with van der Waals surface area (Å²) in [5.74, 6) is 1.07. The van der Waals surface area contributed by atoms with Crippen LogP contribution in [0.2, 0.25) is 0 Å². The van der Waals surface area contributed by atoms with Crippen molar-refractivity contribution in [2.45, 2.75) is 33.2 Å². The maximum atomic E-state index is 13.8. The Kier molecular flexibility index (Phi) is 5.81. The second kappa shape index (κ2) is 8.95. The lowest BCUT2D eigenvalue weighted by Gasteiger charge is -2.25. The maximum absolute atomic E-state index is 13.8. The van der Waals surface area contributed by atoms with Gasteiger partial charge in [0.05, 0.1) is 30.7 Å². The molecular formula is C29H27NO5. The summed E-state index contributed by atoms with van der Waals surface area (Å²) in [6, 6.07) is 17.8. The second-order valence-electron chi connectivity index (χ2n) is 8.80. The average Bonchev–Trinajstić information content (AvgIpc) is 3.16. The van der Waals surface area contributed by atoms with E-state index in [0.29, 0.717) is 34.6 Å². The highest BCUT2D eigenvalue weighted by molar-refractivity contribution is 6.10. The molecule has 0 spiro atoms. The van der Waals surface area contributed by atoms with Crippen LogP contribution in [-0.2, 0) is 0 Å². The topological polar surface area (TPSA) is 69.0 Å². The minimum Gasteiger partial charge on any atom is -0.497 e. The van der Waals surface area contributed by atoms with Crippen molar-refractivity contribution in [2.24, 2.45) is 0 Å². The Bertz CT molecular complexity index is 1490. The molecule has 6 heteroatoms. The molecular weight excluding hydrogens is 442 g/mol. The van der Waals surface area contributed by atoms with Gasteiger partial charge in [-0.25, -0.2) is 0 Å². The van der Waals surface area contributed by atoms with E-state index in [0.717, 1.165) is 28.9 Å². The van der Waals surface area contributed by atoms with Gasteiger partial charge in [0.15, 0.2) is 5.43 Å². The Morgan fingerprint density at radius 1 is 0.943 bits per heavy atom. The van der Waals surface area contributed by atoms with Crippen LogP contribution in [0.5, 0.6) is 11.5 Å². The zero-order valence-corrected chi connectivity index (χ0v) is 20.3. The third kappa shape index (κ3) is 3.85. The summed E-state index contributed by atoms with van der Waals surface area (Å²) in [6.07, 6.45) is 0.906. The lowest BCUT2D eigenvalue weighted by molar-refractivity contribution is 0.0971. The highest BCUT2D eigenvalue weighted by Crippen LogP contribution is 2.42. The van der Waals surface area contributed by atoms with Gasteiger partial charge in [0, 0.05) is 11.8 Å². The first kappa shape index (κ1) is 22.7. The maximum Gasteiger partial charge on any atom is 0.295 e. The Morgan fingerprint density at radius 3 is 2.40 bits per heavy atom. The van der Waals surface area contributed by atoms with Crippen LogP contribution < -0.4 is 19.8 Å². The van der Waals surface area contributed by atoms with E-state index in [9.17, 15) is 9.59 Å². The molecule has 0 fully saturated rings. The van der Waals surface area contributed by atoms with Gasteiger partial charge in [0.25, 0.3) is 5.91 Å². The van der Waals surface area contributed by atoms with Crippen LogP contribution >= 0.6 is 0 Å². The molecule has 0 aliphatic carbocycles. The van der Waals surface area contributed by atoms with Crippen LogP contribution in [0.3, 0.4) is 0 Å². The minimum absolute atomic E-state index is 0.0740. The number of carbonyl (C=O) groups is 1. The predicted octanol–water partition coefficient (Wildman–Crippen LogP) is 5.96. The first-order valence-electron chi connectivity index (χ1n) is 11.7. The minimum atomic E-state index is -0.646. The van der Waals surface area contributed by atoms with Crippen molar-refractivity contribution in [3.8, 4) is 11.5 Å². The van der Waals surface area contributed by atoms with Crippen LogP contribution in [0.25, 0.3) is 11.0 Å². The monoisotopic (exact) mass is 469 g/mol. The Hall–Kier alpha value is -4.06. The van der Waals surface area contributed by atoms with E-state index in [2.05, 4.69) is 0 Å². The average molecular weight is 470 g/mol. The number of hydrogen-bond acceptors (Lipinski definition) is 5. The van der Waals surface area contributed by atoms with Gasteiger partial charge in [0.2, 0.25) is 5.76 Å². The first-order valence-corrected chi connectivity index (χ1v) is 11.7. The van der Waals surface area contributed by atoms with Gasteiger partial charge in [-0.05, 0) is 73.4 Å². The number of benzene rings is 3. The van der Waals surface area contributed by atoms with Gasteiger partial charge in [-0.3, -0.25) is 14.5 Å². The number of methoxy groups -OCH3 is 1. The van der Waals surface area contributed by atoms with Crippen molar-refractivity contribution in [2.75, 3.05) is 18.6 Å². The molecule has 5 rings (SSSR count). The van der Waals surface area contributed by atoms with Crippen LogP contribution in [-0.4, -0.2) is 19.6 Å². The van der Waals surface area contributed by atoms with E-state index < -0.39 is 6.04 Å².